The van der Waals surface area contributed by atoms with Crippen molar-refractivity contribution in [1.29, 1.82) is 0 Å². The van der Waals surface area contributed by atoms with E-state index >= 15 is 0 Å². The number of carboxylic acid groups (broad SMARTS) is 3. The van der Waals surface area contributed by atoms with Gasteiger partial charge in [0.05, 0.1) is 36.4 Å². The molecule has 40 heavy (non-hydrogen) atoms. The first-order chi connectivity index (χ1) is 18.5. The van der Waals surface area contributed by atoms with E-state index in [1.807, 2.05) is 27.7 Å². The largest absolute Gasteiger partial charge is 0.481 e. The summed E-state index contributed by atoms with van der Waals surface area (Å²) in [6.45, 7) is 7.44. The van der Waals surface area contributed by atoms with Gasteiger partial charge >= 0.3 is 17.9 Å². The van der Waals surface area contributed by atoms with E-state index in [1.54, 1.807) is 0 Å². The number of aliphatic hydroxyl groups is 1. The summed E-state index contributed by atoms with van der Waals surface area (Å²) in [4.78, 5) is 44.7. The molecule has 0 radical (unpaired) electrons. The zero-order chi connectivity index (χ0) is 30.7. The Labute approximate surface area is 232 Å². The molecular formula is C27H41F2N3O8. The molecule has 0 aromatic heterocycles. The zero-order valence-electron chi connectivity index (χ0n) is 23.1. The fraction of sp³-hybridized carbons (Fsp3) is 0.630. The van der Waals surface area contributed by atoms with Crippen molar-refractivity contribution in [3.05, 3.63) is 29.8 Å². The summed E-state index contributed by atoms with van der Waals surface area (Å²) in [5.41, 5.74) is 5.90. The van der Waals surface area contributed by atoms with E-state index in [-0.39, 0.29) is 42.7 Å². The van der Waals surface area contributed by atoms with Gasteiger partial charge in [0.25, 0.3) is 0 Å². The molecule has 11 nitrogen and oxygen atoms in total. The van der Waals surface area contributed by atoms with Crippen LogP contribution in [0.3, 0.4) is 0 Å². The summed E-state index contributed by atoms with van der Waals surface area (Å²) in [5, 5.41) is 42.2. The van der Waals surface area contributed by atoms with Crippen LogP contribution < -0.4 is 16.4 Å². The molecule has 2 unspecified atom stereocenters. The number of carboxylic acids is 3. The second kappa shape index (κ2) is 16.1. The van der Waals surface area contributed by atoms with Crippen LogP contribution in [0.2, 0.25) is 0 Å². The van der Waals surface area contributed by atoms with E-state index in [1.165, 1.54) is 0 Å². The zero-order valence-corrected chi connectivity index (χ0v) is 23.1. The quantitative estimate of drug-likeness (QED) is 0.195. The first-order valence-electron chi connectivity index (χ1n) is 13.1. The van der Waals surface area contributed by atoms with Gasteiger partial charge in [-0.2, -0.15) is 0 Å². The van der Waals surface area contributed by atoms with Gasteiger partial charge in [0.1, 0.15) is 11.6 Å². The normalized spacial score (nSPS) is 21.0. The molecule has 1 saturated carbocycles. The van der Waals surface area contributed by atoms with Crippen LogP contribution in [0.15, 0.2) is 18.2 Å². The van der Waals surface area contributed by atoms with E-state index in [2.05, 4.69) is 10.6 Å². The van der Waals surface area contributed by atoms with Crippen molar-refractivity contribution in [3.8, 4) is 0 Å². The van der Waals surface area contributed by atoms with Crippen LogP contribution >= 0.6 is 0 Å². The van der Waals surface area contributed by atoms with E-state index < -0.39 is 72.0 Å². The van der Waals surface area contributed by atoms with Crippen molar-refractivity contribution in [2.45, 2.75) is 84.0 Å². The van der Waals surface area contributed by atoms with Crippen molar-refractivity contribution >= 4 is 29.5 Å². The number of amides is 1. The Balaban J connectivity index is 0.000000400. The standard InChI is InChI=1S/C14H19F2NO3.C13H22N2O5/c1-8(2)3-12(13(18)7-14(19)20)17-11-5-9(15)4-10(16)6-11;1-6(2)10(14)11(16)15-9-4-7(12(17)18)3-8(5-9)13(19)20/h4-6,8,12-13,17-18H,3,7H2,1-2H3,(H,19,20);6-10H,3-5,14H2,1-2H3,(H,15,16)(H,17,18)(H,19,20)/t12-,13-;7?,8?,9?,10-/m00/s1. The first kappa shape index (κ1) is 34.7. The maximum absolute atomic E-state index is 13.1. The highest BCUT2D eigenvalue weighted by molar-refractivity contribution is 5.82. The predicted molar refractivity (Wildman–Crippen MR) is 142 cm³/mol. The summed E-state index contributed by atoms with van der Waals surface area (Å²) in [5.74, 6) is -6.34. The number of aliphatic hydroxyl groups excluding tert-OH is 1. The topological polar surface area (TPSA) is 199 Å². The number of carbonyl (C=O) groups is 4. The first-order valence-corrected chi connectivity index (χ1v) is 13.1. The lowest BCUT2D eigenvalue weighted by atomic mass is 9.78. The van der Waals surface area contributed by atoms with Crippen LogP contribution in [-0.2, 0) is 19.2 Å². The summed E-state index contributed by atoms with van der Waals surface area (Å²) >= 11 is 0. The molecule has 1 fully saturated rings. The number of halogens is 2. The van der Waals surface area contributed by atoms with Gasteiger partial charge in [-0.05, 0) is 49.7 Å². The summed E-state index contributed by atoms with van der Waals surface area (Å²) < 4.78 is 26.2. The van der Waals surface area contributed by atoms with Gasteiger partial charge in [0, 0.05) is 17.8 Å². The summed E-state index contributed by atoms with van der Waals surface area (Å²) in [6, 6.07) is 1.23. The number of benzene rings is 1. The lowest BCUT2D eigenvalue weighted by Gasteiger charge is -2.32. The van der Waals surface area contributed by atoms with Gasteiger partial charge in [0.15, 0.2) is 0 Å². The Bertz CT molecular complexity index is 981. The monoisotopic (exact) mass is 573 g/mol. The Kier molecular flexibility index (Phi) is 13.9. The van der Waals surface area contributed by atoms with Gasteiger partial charge in [-0.3, -0.25) is 19.2 Å². The molecule has 5 atom stereocenters. The van der Waals surface area contributed by atoms with Gasteiger partial charge in [-0.15, -0.1) is 0 Å². The molecule has 8 N–H and O–H groups in total. The third-order valence-electron chi connectivity index (χ3n) is 6.56. The molecule has 1 aliphatic rings. The molecule has 0 aliphatic heterocycles. The molecule has 13 heteroatoms. The number of rotatable bonds is 12. The average molecular weight is 574 g/mol. The number of anilines is 1. The van der Waals surface area contributed by atoms with Gasteiger partial charge < -0.3 is 36.8 Å². The van der Waals surface area contributed by atoms with Crippen LogP contribution in [0.25, 0.3) is 0 Å². The fourth-order valence-corrected chi connectivity index (χ4v) is 4.43. The Morgan fingerprint density at radius 3 is 1.82 bits per heavy atom. The van der Waals surface area contributed by atoms with Crippen LogP contribution in [0, 0.1) is 35.3 Å². The number of nitrogens with one attached hydrogen (secondary N) is 2. The molecule has 0 saturated heterocycles. The third-order valence-corrected chi connectivity index (χ3v) is 6.56. The average Bonchev–Trinajstić information content (AvgIpc) is 2.81. The smallest absolute Gasteiger partial charge is 0.306 e. The number of aliphatic carboxylic acids is 3. The van der Waals surface area contributed by atoms with Crippen molar-refractivity contribution < 1.29 is 48.4 Å². The number of hydrogen-bond acceptors (Lipinski definition) is 7. The number of carbonyl (C=O) groups excluding carboxylic acids is 1. The fourth-order valence-electron chi connectivity index (χ4n) is 4.43. The summed E-state index contributed by atoms with van der Waals surface area (Å²) in [7, 11) is 0. The molecule has 1 aliphatic carbocycles. The number of hydrogen-bond donors (Lipinski definition) is 7. The van der Waals surface area contributed by atoms with Crippen molar-refractivity contribution in [2.75, 3.05) is 5.32 Å². The number of nitrogens with two attached hydrogens (primary N) is 1. The van der Waals surface area contributed by atoms with Gasteiger partial charge in [-0.1, -0.05) is 27.7 Å². The van der Waals surface area contributed by atoms with Crippen LogP contribution in [-0.4, -0.2) is 68.5 Å². The molecule has 0 bridgehead atoms. The Morgan fingerprint density at radius 2 is 1.43 bits per heavy atom. The third kappa shape index (κ3) is 12.2. The van der Waals surface area contributed by atoms with Crippen molar-refractivity contribution in [1.82, 2.24) is 5.32 Å². The lowest BCUT2D eigenvalue weighted by Crippen LogP contribution is -2.51. The predicted octanol–water partition coefficient (Wildman–Crippen LogP) is 2.67. The van der Waals surface area contributed by atoms with Crippen LogP contribution in [0.5, 0.6) is 0 Å². The van der Waals surface area contributed by atoms with E-state index in [0.29, 0.717) is 6.42 Å². The van der Waals surface area contributed by atoms with Crippen LogP contribution in [0.4, 0.5) is 14.5 Å². The maximum Gasteiger partial charge on any atom is 0.306 e. The molecule has 1 aromatic rings. The van der Waals surface area contributed by atoms with Gasteiger partial charge in [-0.25, -0.2) is 8.78 Å². The van der Waals surface area contributed by atoms with Crippen molar-refractivity contribution in [3.63, 3.8) is 0 Å². The Hall–Kier alpha value is -3.32. The second-order valence-corrected chi connectivity index (χ2v) is 11.0. The molecule has 0 heterocycles. The van der Waals surface area contributed by atoms with Crippen LogP contribution in [0.1, 0.15) is 59.8 Å². The van der Waals surface area contributed by atoms with E-state index in [0.717, 1.165) is 18.2 Å². The van der Waals surface area contributed by atoms with Gasteiger partial charge in [0.2, 0.25) is 5.91 Å². The molecule has 1 aromatic carbocycles. The molecule has 0 spiro atoms. The summed E-state index contributed by atoms with van der Waals surface area (Å²) in [6.07, 6.45) is -0.492. The highest BCUT2D eigenvalue weighted by Gasteiger charge is 2.37. The lowest BCUT2D eigenvalue weighted by molar-refractivity contribution is -0.149. The SMILES string of the molecule is CC(C)C[C@H](Nc1cc(F)cc(F)c1)[C@@H](O)CC(=O)O.CC(C)[C@H](N)C(=O)NC1CC(C(=O)O)CC(C(=O)O)C1. The highest BCUT2D eigenvalue weighted by Crippen LogP contribution is 2.30. The van der Waals surface area contributed by atoms with E-state index in [9.17, 15) is 33.1 Å². The molecule has 1 amide bonds. The van der Waals surface area contributed by atoms with Crippen molar-refractivity contribution in [2.24, 2.45) is 29.4 Å². The maximum atomic E-state index is 13.1. The molecule has 226 valence electrons. The minimum atomic E-state index is -1.14. The minimum absolute atomic E-state index is 0.0378. The highest BCUT2D eigenvalue weighted by atomic mass is 19.1. The molecule has 2 rings (SSSR count). The minimum Gasteiger partial charge on any atom is -0.481 e. The second-order valence-electron chi connectivity index (χ2n) is 11.0. The van der Waals surface area contributed by atoms with E-state index in [4.69, 9.17) is 21.1 Å². The Morgan fingerprint density at radius 1 is 0.925 bits per heavy atom. The molecular weight excluding hydrogens is 532 g/mol.